The van der Waals surface area contributed by atoms with E-state index in [1.165, 1.54) is 12.1 Å². The van der Waals surface area contributed by atoms with Crippen molar-refractivity contribution in [2.75, 3.05) is 43.3 Å². The van der Waals surface area contributed by atoms with Gasteiger partial charge in [0.15, 0.2) is 57.3 Å². The summed E-state index contributed by atoms with van der Waals surface area (Å²) in [6, 6.07) is 6.00. The molecule has 1 atom stereocenters. The molecule has 14 nitrogen and oxygen atoms in total. The van der Waals surface area contributed by atoms with Gasteiger partial charge in [0.25, 0.3) is 5.12 Å². The van der Waals surface area contributed by atoms with Crippen molar-refractivity contribution >= 4 is 77.7 Å². The minimum absolute atomic E-state index is 0.153. The van der Waals surface area contributed by atoms with Crippen LogP contribution in [-0.4, -0.2) is 96.6 Å². The number of amides is 1. The lowest BCUT2D eigenvalue weighted by Crippen LogP contribution is -2.54. The van der Waals surface area contributed by atoms with Gasteiger partial charge in [-0.15, -0.1) is 0 Å². The van der Waals surface area contributed by atoms with Crippen molar-refractivity contribution in [2.45, 2.75) is 37.4 Å². The van der Waals surface area contributed by atoms with Crippen LogP contribution in [0.3, 0.4) is 0 Å². The van der Waals surface area contributed by atoms with Gasteiger partial charge in [-0.2, -0.15) is 0 Å². The number of hydrogen-bond donors (Lipinski definition) is 0. The minimum atomic E-state index is -4.88. The van der Waals surface area contributed by atoms with Gasteiger partial charge in [-0.1, -0.05) is 12.1 Å². The van der Waals surface area contributed by atoms with Crippen LogP contribution in [0.2, 0.25) is 0 Å². The zero-order valence-electron chi connectivity index (χ0n) is 25.7. The molecule has 21 heteroatoms. The number of ether oxygens (including phenoxy) is 1. The fourth-order valence-corrected chi connectivity index (χ4v) is 16.8. The van der Waals surface area contributed by atoms with E-state index in [4.69, 9.17) is 4.74 Å². The largest absolute Gasteiger partial charge is 0.349 e. The van der Waals surface area contributed by atoms with Gasteiger partial charge in [0.05, 0.1) is 10.6 Å². The molecule has 0 bridgehead atoms. The molecule has 0 spiro atoms. The van der Waals surface area contributed by atoms with Crippen molar-refractivity contribution in [1.82, 2.24) is 0 Å². The third kappa shape index (κ3) is 5.64. The number of fused-ring (bicyclic) bond motifs is 1. The van der Waals surface area contributed by atoms with E-state index in [2.05, 4.69) is 0 Å². The Hall–Kier alpha value is -2.43. The normalized spacial score (nSPS) is 21.9. The molecule has 0 N–H and O–H groups in total. The molecule has 1 aliphatic carbocycles. The smallest absolute Gasteiger partial charge is 0.308 e. The number of nitrogens with zero attached hydrogens (tertiary/aromatic N) is 1. The molecular formula is C26H30FNO13S6. The summed E-state index contributed by atoms with van der Waals surface area (Å²) in [6.07, 6.45) is 0.0419. The maximum Gasteiger partial charge on any atom is 0.308 e. The van der Waals surface area contributed by atoms with Crippen LogP contribution in [0.4, 0.5) is 10.1 Å². The lowest BCUT2D eigenvalue weighted by atomic mass is 9.88. The zero-order chi connectivity index (χ0) is 36.0. The Morgan fingerprint density at radius 2 is 1.23 bits per heavy atom. The third-order valence-corrected chi connectivity index (χ3v) is 20.8. The Balaban J connectivity index is 2.31. The van der Waals surface area contributed by atoms with Crippen LogP contribution in [0.5, 0.6) is 0 Å². The monoisotopic (exact) mass is 775 g/mol. The predicted octanol–water partition coefficient (Wildman–Crippen LogP) is 0.656. The van der Waals surface area contributed by atoms with Gasteiger partial charge >= 0.3 is 5.91 Å². The number of thioether (sulfide) groups is 1. The van der Waals surface area contributed by atoms with Crippen LogP contribution in [0.1, 0.15) is 29.5 Å². The van der Waals surface area contributed by atoms with Gasteiger partial charge in [0.1, 0.15) is 5.82 Å². The Kier molecular flexibility index (Phi) is 8.99. The number of sulfone groups is 5. The van der Waals surface area contributed by atoms with Crippen LogP contribution < -0.4 is 4.90 Å². The van der Waals surface area contributed by atoms with Gasteiger partial charge in [-0.05, 0) is 65.6 Å². The molecule has 0 saturated carbocycles. The van der Waals surface area contributed by atoms with Gasteiger partial charge in [-0.3, -0.25) is 14.5 Å². The number of halogens is 1. The number of carbonyl (C=O) groups excluding carboxylic acids is 2. The van der Waals surface area contributed by atoms with E-state index in [0.29, 0.717) is 48.3 Å². The minimum Gasteiger partial charge on any atom is -0.349 e. The lowest BCUT2D eigenvalue weighted by Gasteiger charge is -2.45. The van der Waals surface area contributed by atoms with Gasteiger partial charge < -0.3 is 4.74 Å². The Morgan fingerprint density at radius 1 is 0.766 bits per heavy atom. The van der Waals surface area contributed by atoms with Crippen molar-refractivity contribution < 1.29 is 60.8 Å². The highest BCUT2D eigenvalue weighted by molar-refractivity contribution is 8.17. The van der Waals surface area contributed by atoms with Crippen molar-refractivity contribution in [3.05, 3.63) is 58.9 Å². The highest BCUT2D eigenvalue weighted by atomic mass is 32.3. The summed E-state index contributed by atoms with van der Waals surface area (Å²) in [5.74, 6) is -2.12. The Bertz CT molecular complexity index is 2220. The molecule has 1 heterocycles. The number of benzene rings is 2. The zero-order valence-corrected chi connectivity index (χ0v) is 30.6. The maximum atomic E-state index is 14.1. The van der Waals surface area contributed by atoms with E-state index in [1.54, 1.807) is 0 Å². The SMILES string of the molecule is COC1(Cc2cccc(F)c2)SC(=O)C(=O)N1c1cc2c(cc1S(C)(=O)=O)C(S(C)(=O)=O)(S(C)(=O)=O)CCC2(S(C)(=O)=O)S(C)(=O)=O. The topological polar surface area (TPSA) is 217 Å². The second kappa shape index (κ2) is 11.3. The molecule has 47 heavy (non-hydrogen) atoms. The van der Waals surface area contributed by atoms with E-state index < -0.39 is 120 Å². The van der Waals surface area contributed by atoms with Crippen LogP contribution in [-0.2, 0) is 78.1 Å². The molecule has 2 aromatic carbocycles. The number of hydrogen-bond acceptors (Lipinski definition) is 14. The maximum absolute atomic E-state index is 14.1. The fraction of sp³-hybridized carbons (Fsp3) is 0.462. The van der Waals surface area contributed by atoms with Gasteiger partial charge in [0.2, 0.25) is 5.06 Å². The van der Waals surface area contributed by atoms with Gasteiger partial charge in [0, 0.05) is 44.8 Å². The molecule has 4 rings (SSSR count). The highest BCUT2D eigenvalue weighted by Crippen LogP contribution is 2.58. The molecule has 0 radical (unpaired) electrons. The number of rotatable bonds is 9. The van der Waals surface area contributed by atoms with Crippen LogP contribution >= 0.6 is 11.8 Å². The summed E-state index contributed by atoms with van der Waals surface area (Å²) in [4.78, 5) is 26.1. The summed E-state index contributed by atoms with van der Waals surface area (Å²) in [5, 5.41) is -3.37. The Labute approximate surface area is 276 Å². The molecule has 1 amide bonds. The first-order valence-electron chi connectivity index (χ1n) is 13.2. The molecule has 1 fully saturated rings. The van der Waals surface area contributed by atoms with Crippen LogP contribution in [0, 0.1) is 5.82 Å². The second-order valence-electron chi connectivity index (χ2n) is 11.5. The van der Waals surface area contributed by atoms with Crippen molar-refractivity contribution in [1.29, 1.82) is 0 Å². The first-order valence-corrected chi connectivity index (χ1v) is 23.4. The average molecular weight is 776 g/mol. The fourth-order valence-electron chi connectivity index (χ4n) is 6.36. The van der Waals surface area contributed by atoms with E-state index in [9.17, 15) is 56.1 Å². The molecule has 2 aromatic rings. The molecule has 260 valence electrons. The third-order valence-electron chi connectivity index (χ3n) is 8.35. The van der Waals surface area contributed by atoms with E-state index in [1.807, 2.05) is 0 Å². The standard InChI is InChI=1S/C26H30FNO13S6/c1-41-26(15-16-8-7-9-17(27)12-16)28(22(29)23(30)42-26)20-13-18-19(14-21(20)43(2,31)32)25(46(5,37)38,47(6,39)40)11-10-24(18,44(3,33)34)45(4,35)36/h7-9,12-14H,10-11,15H2,1-6H3. The molecule has 2 aliphatic rings. The van der Waals surface area contributed by atoms with E-state index >= 15 is 0 Å². The summed E-state index contributed by atoms with van der Waals surface area (Å²) >= 11 is 0.270. The van der Waals surface area contributed by atoms with Crippen molar-refractivity contribution in [3.8, 4) is 0 Å². The molecule has 0 aromatic heterocycles. The van der Waals surface area contributed by atoms with E-state index in [0.717, 1.165) is 19.2 Å². The first kappa shape index (κ1) is 37.4. The summed E-state index contributed by atoms with van der Waals surface area (Å²) in [5.41, 5.74) is -2.56. The number of carbonyl (C=O) groups is 2. The molecule has 1 saturated heterocycles. The van der Waals surface area contributed by atoms with Crippen molar-refractivity contribution in [3.63, 3.8) is 0 Å². The number of methoxy groups -OCH3 is 1. The number of anilines is 1. The highest BCUT2D eigenvalue weighted by Gasteiger charge is 2.65. The average Bonchev–Trinajstić information content (AvgIpc) is 3.12. The second-order valence-corrected chi connectivity index (χ2v) is 24.2. The Morgan fingerprint density at radius 3 is 1.64 bits per heavy atom. The molecule has 1 aliphatic heterocycles. The summed E-state index contributed by atoms with van der Waals surface area (Å²) in [6.45, 7) is 0. The predicted molar refractivity (Wildman–Crippen MR) is 171 cm³/mol. The van der Waals surface area contributed by atoms with Crippen molar-refractivity contribution in [2.24, 2.45) is 0 Å². The molecule has 1 unspecified atom stereocenters. The summed E-state index contributed by atoms with van der Waals surface area (Å²) < 4.78 is 148. The lowest BCUT2D eigenvalue weighted by molar-refractivity contribution is -0.131. The van der Waals surface area contributed by atoms with Crippen LogP contribution in [0.15, 0.2) is 41.3 Å². The van der Waals surface area contributed by atoms with Gasteiger partial charge in [-0.25, -0.2) is 46.5 Å². The van der Waals surface area contributed by atoms with E-state index in [-0.39, 0.29) is 17.3 Å². The summed E-state index contributed by atoms with van der Waals surface area (Å²) in [7, 11) is -23.1. The van der Waals surface area contributed by atoms with Crippen LogP contribution in [0.25, 0.3) is 0 Å². The first-order chi connectivity index (χ1) is 21.1. The quantitative estimate of drug-likeness (QED) is 0.320. The molecular weight excluding hydrogens is 746 g/mol.